The van der Waals surface area contributed by atoms with Crippen LogP contribution in [0, 0.1) is 0 Å². The summed E-state index contributed by atoms with van der Waals surface area (Å²) in [7, 11) is -1.64. The summed E-state index contributed by atoms with van der Waals surface area (Å²) in [5, 5.41) is 5.61. The van der Waals surface area contributed by atoms with Gasteiger partial charge in [0, 0.05) is 0 Å². The number of esters is 1. The first-order chi connectivity index (χ1) is 8.89. The summed E-state index contributed by atoms with van der Waals surface area (Å²) in [5.41, 5.74) is 0. The van der Waals surface area contributed by atoms with E-state index < -0.39 is 20.0 Å². The zero-order chi connectivity index (χ0) is 14.5. The molecule has 0 aromatic rings. The van der Waals surface area contributed by atoms with Gasteiger partial charge in [-0.15, -0.1) is 0 Å². The summed E-state index contributed by atoms with van der Waals surface area (Å²) in [5.74, 6) is -2.68. The quantitative estimate of drug-likeness (QED) is 0.303. The van der Waals surface area contributed by atoms with E-state index in [1.807, 2.05) is 0 Å². The topological polar surface area (TPSA) is 117 Å². The van der Waals surface area contributed by atoms with E-state index in [1.165, 1.54) is 0 Å². The van der Waals surface area contributed by atoms with Crippen molar-refractivity contribution in [1.82, 2.24) is 10.4 Å². The third kappa shape index (κ3) is 5.00. The van der Waals surface area contributed by atoms with Crippen LogP contribution in [-0.4, -0.2) is 48.0 Å². The van der Waals surface area contributed by atoms with Crippen molar-refractivity contribution >= 4 is 20.0 Å². The van der Waals surface area contributed by atoms with Crippen LogP contribution in [0.3, 0.4) is 0 Å². The van der Waals surface area contributed by atoms with Crippen LogP contribution in [-0.2, 0) is 18.8 Å². The van der Waals surface area contributed by atoms with Gasteiger partial charge in [-0.3, -0.25) is 0 Å². The number of nitrogens with one attached hydrogen (secondary N) is 2. The predicted molar refractivity (Wildman–Crippen MR) is 69.1 cm³/mol. The molecule has 0 heterocycles. The molecular formula is C10H21N2O6P. The van der Waals surface area contributed by atoms with Crippen LogP contribution in [0.5, 0.6) is 0 Å². The number of carbonyl (C=O) groups is 2. The summed E-state index contributed by atoms with van der Waals surface area (Å²) in [6.45, 7) is 0. The van der Waals surface area contributed by atoms with Gasteiger partial charge in [0.1, 0.15) is 0 Å². The Hall–Kier alpha value is -0.790. The van der Waals surface area contributed by atoms with Gasteiger partial charge < -0.3 is 0 Å². The molecule has 19 heavy (non-hydrogen) atoms. The predicted octanol–water partition coefficient (Wildman–Crippen LogP) is -0.783. The van der Waals surface area contributed by atoms with E-state index in [9.17, 15) is 19.4 Å². The first-order valence-electron chi connectivity index (χ1n) is 6.10. The number of hydrogen-bond acceptors (Lipinski definition) is 8. The molecule has 0 aromatic carbocycles. The molecule has 9 heteroatoms. The minimum absolute atomic E-state index is 0.0664. The van der Waals surface area contributed by atoms with E-state index in [4.69, 9.17) is 0 Å². The molecule has 2 unspecified atom stereocenters. The number of hydrogen-bond donors (Lipinski definition) is 4. The van der Waals surface area contributed by atoms with Crippen molar-refractivity contribution < 1.29 is 28.6 Å². The molecule has 2 atom stereocenters. The van der Waals surface area contributed by atoms with Gasteiger partial charge >= 0.3 is 111 Å². The number of likely N-dealkylation sites (N-methyl/N-ethyl adjacent to an activating group) is 1. The molecule has 1 fully saturated rings. The molecule has 0 bridgehead atoms. The van der Waals surface area contributed by atoms with Crippen molar-refractivity contribution in [3.63, 3.8) is 0 Å². The summed E-state index contributed by atoms with van der Waals surface area (Å²) >= 11 is 0. The van der Waals surface area contributed by atoms with E-state index in [0.717, 1.165) is 32.8 Å². The van der Waals surface area contributed by atoms with E-state index >= 15 is 0 Å². The Morgan fingerprint density at radius 2 is 1.74 bits per heavy atom. The zero-order valence-electron chi connectivity index (χ0n) is 11.0. The van der Waals surface area contributed by atoms with E-state index in [2.05, 4.69) is 19.7 Å². The van der Waals surface area contributed by atoms with Crippen LogP contribution in [0.25, 0.3) is 0 Å². The molecule has 0 radical (unpaired) electrons. The van der Waals surface area contributed by atoms with Crippen molar-refractivity contribution in [3.05, 3.63) is 0 Å². The van der Waals surface area contributed by atoms with Crippen LogP contribution in [0.4, 0.5) is 0 Å². The Labute approximate surface area is 112 Å². The van der Waals surface area contributed by atoms with Crippen LogP contribution in [0.2, 0.25) is 0 Å². The maximum absolute atomic E-state index is 11.1. The number of methoxy groups -OCH3 is 1. The first-order valence-corrected chi connectivity index (χ1v) is 7.91. The molecule has 0 spiro atoms. The third-order valence-electron chi connectivity index (χ3n) is 3.10. The van der Waals surface area contributed by atoms with E-state index in [-0.39, 0.29) is 12.1 Å². The Kier molecular flexibility index (Phi) is 6.09. The molecule has 0 aliphatic heterocycles. The number of carbonyl (C=O) groups excluding carboxylic acids is 2. The average Bonchev–Trinajstić information content (AvgIpc) is 2.37. The normalized spacial score (nSPS) is 24.6. The Bertz CT molecular complexity index is 338. The SMILES string of the molecule is CNC1CCCCC1N[PH](O)(O)OC(=O)C(=O)OC. The molecule has 1 saturated carbocycles. The molecule has 1 aliphatic rings. The average molecular weight is 296 g/mol. The Balaban J connectivity index is 2.57. The summed E-state index contributed by atoms with van der Waals surface area (Å²) in [6.07, 6.45) is 3.63. The van der Waals surface area contributed by atoms with Crippen molar-refractivity contribution in [1.29, 1.82) is 0 Å². The Morgan fingerprint density at radius 3 is 2.26 bits per heavy atom. The van der Waals surface area contributed by atoms with Crippen molar-refractivity contribution in [2.45, 2.75) is 37.8 Å². The van der Waals surface area contributed by atoms with Gasteiger partial charge in [0.25, 0.3) is 0 Å². The number of ether oxygens (including phenoxy) is 1. The van der Waals surface area contributed by atoms with Gasteiger partial charge in [0.15, 0.2) is 0 Å². The van der Waals surface area contributed by atoms with Crippen LogP contribution in [0.15, 0.2) is 0 Å². The second-order valence-corrected chi connectivity index (χ2v) is 6.13. The van der Waals surface area contributed by atoms with Crippen molar-refractivity contribution in [2.24, 2.45) is 0 Å². The van der Waals surface area contributed by atoms with Gasteiger partial charge in [-0.25, -0.2) is 0 Å². The standard InChI is InChI=1S/C10H21N2O6P/c1-11-7-5-3-4-6-8(7)12-19(15,16)18-10(14)9(13)17-2/h7-8,11-12,15-16,19H,3-6H2,1-2H3. The minimum atomic E-state index is -4.43. The maximum atomic E-state index is 11.1. The van der Waals surface area contributed by atoms with E-state index in [0.29, 0.717) is 0 Å². The number of rotatable bonds is 4. The second-order valence-electron chi connectivity index (χ2n) is 4.42. The molecule has 0 aromatic heterocycles. The van der Waals surface area contributed by atoms with E-state index in [1.54, 1.807) is 7.05 Å². The molecule has 112 valence electrons. The van der Waals surface area contributed by atoms with Gasteiger partial charge in [0.05, 0.1) is 0 Å². The molecule has 0 saturated heterocycles. The van der Waals surface area contributed by atoms with Crippen LogP contribution >= 0.6 is 8.09 Å². The summed E-state index contributed by atoms with van der Waals surface area (Å²) in [4.78, 5) is 41.4. The second kappa shape index (κ2) is 7.12. The third-order valence-corrected chi connectivity index (χ3v) is 4.31. The van der Waals surface area contributed by atoms with Crippen molar-refractivity contribution in [3.8, 4) is 0 Å². The summed E-state index contributed by atoms with van der Waals surface area (Å²) in [6, 6.07) is -0.150. The fourth-order valence-corrected chi connectivity index (χ4v) is 3.40. The first kappa shape index (κ1) is 16.3. The monoisotopic (exact) mass is 296 g/mol. The van der Waals surface area contributed by atoms with Gasteiger partial charge in [-0.2, -0.15) is 0 Å². The van der Waals surface area contributed by atoms with Crippen molar-refractivity contribution in [2.75, 3.05) is 14.2 Å². The zero-order valence-corrected chi connectivity index (χ0v) is 12.0. The molecule has 1 aliphatic carbocycles. The van der Waals surface area contributed by atoms with Crippen LogP contribution < -0.4 is 10.4 Å². The fourth-order valence-electron chi connectivity index (χ4n) is 2.17. The molecule has 8 nitrogen and oxygen atoms in total. The molecule has 0 amide bonds. The van der Waals surface area contributed by atoms with Gasteiger partial charge in [-0.1, -0.05) is 0 Å². The molecule has 4 N–H and O–H groups in total. The fraction of sp³-hybridized carbons (Fsp3) is 0.800. The van der Waals surface area contributed by atoms with Crippen LogP contribution in [0.1, 0.15) is 25.7 Å². The molecule has 1 rings (SSSR count). The van der Waals surface area contributed by atoms with Gasteiger partial charge in [0.2, 0.25) is 0 Å². The Morgan fingerprint density at radius 1 is 1.16 bits per heavy atom. The van der Waals surface area contributed by atoms with Gasteiger partial charge in [-0.05, 0) is 0 Å². The summed E-state index contributed by atoms with van der Waals surface area (Å²) < 4.78 is 8.52. The molecular weight excluding hydrogens is 275 g/mol.